The average Bonchev–Trinajstić information content (AvgIpc) is 3.12. The molecule has 28 heavy (non-hydrogen) atoms. The van der Waals surface area contributed by atoms with E-state index in [-0.39, 0.29) is 16.4 Å². The first-order chi connectivity index (χ1) is 13.3. The van der Waals surface area contributed by atoms with Gasteiger partial charge in [-0.2, -0.15) is 0 Å². The lowest BCUT2D eigenvalue weighted by Gasteiger charge is -2.16. The molecular formula is C20H20NO6S-. The molecule has 0 spiro atoms. The molecule has 7 nitrogen and oxygen atoms in total. The van der Waals surface area contributed by atoms with Gasteiger partial charge >= 0.3 is 0 Å². The fraction of sp³-hybridized carbons (Fsp3) is 0.250. The molecule has 0 heterocycles. The zero-order chi connectivity index (χ0) is 20.3. The van der Waals surface area contributed by atoms with Crippen LogP contribution >= 0.6 is 0 Å². The number of carbonyl (C=O) groups excluding carboxylic acids is 1. The molecule has 0 atom stereocenters. The number of carboxylic acids is 1. The van der Waals surface area contributed by atoms with E-state index >= 15 is 0 Å². The van der Waals surface area contributed by atoms with Gasteiger partial charge in [0.1, 0.15) is 4.90 Å². The number of hydrogen-bond acceptors (Lipinski definition) is 6. The highest BCUT2D eigenvalue weighted by Gasteiger charge is 2.24. The third-order valence-electron chi connectivity index (χ3n) is 4.52. The van der Waals surface area contributed by atoms with E-state index in [0.717, 1.165) is 30.9 Å². The number of aryl methyl sites for hydroxylation is 2. The Morgan fingerprint density at radius 3 is 2.54 bits per heavy atom. The lowest BCUT2D eigenvalue weighted by atomic mass is 10.1. The van der Waals surface area contributed by atoms with Crippen LogP contribution in [0.3, 0.4) is 0 Å². The van der Waals surface area contributed by atoms with Crippen molar-refractivity contribution in [2.45, 2.75) is 24.2 Å². The summed E-state index contributed by atoms with van der Waals surface area (Å²) in [5.74, 6) is -1.20. The van der Waals surface area contributed by atoms with Gasteiger partial charge in [0.25, 0.3) is 10.0 Å². The summed E-state index contributed by atoms with van der Waals surface area (Å²) >= 11 is 0. The number of ether oxygens (including phenoxy) is 2. The van der Waals surface area contributed by atoms with Crippen molar-refractivity contribution in [1.29, 1.82) is 0 Å². The third kappa shape index (κ3) is 4.12. The third-order valence-corrected chi connectivity index (χ3v) is 5.91. The predicted octanol–water partition coefficient (Wildman–Crippen LogP) is 1.76. The molecular weight excluding hydrogens is 382 g/mol. The number of carbonyl (C=O) groups is 1. The summed E-state index contributed by atoms with van der Waals surface area (Å²) in [7, 11) is -1.31. The van der Waals surface area contributed by atoms with Crippen molar-refractivity contribution in [1.82, 2.24) is 0 Å². The van der Waals surface area contributed by atoms with Crippen molar-refractivity contribution < 1.29 is 27.8 Å². The van der Waals surface area contributed by atoms with Gasteiger partial charge < -0.3 is 19.4 Å². The summed E-state index contributed by atoms with van der Waals surface area (Å²) in [6.45, 7) is 0. The maximum absolute atomic E-state index is 13.0. The number of rotatable bonds is 7. The molecule has 0 bridgehead atoms. The van der Waals surface area contributed by atoms with Crippen molar-refractivity contribution >= 4 is 27.8 Å². The number of hydrogen-bond donors (Lipinski definition) is 1. The molecule has 2 aromatic carbocycles. The first kappa shape index (κ1) is 19.8. The van der Waals surface area contributed by atoms with Crippen molar-refractivity contribution in [2.75, 3.05) is 18.9 Å². The van der Waals surface area contributed by atoms with Gasteiger partial charge in [-0.3, -0.25) is 4.72 Å². The molecule has 8 heteroatoms. The minimum absolute atomic E-state index is 0.0294. The molecule has 0 aliphatic heterocycles. The topological polar surface area (TPSA) is 105 Å². The Kier molecular flexibility index (Phi) is 5.60. The second-order valence-electron chi connectivity index (χ2n) is 6.35. The van der Waals surface area contributed by atoms with Crippen LogP contribution in [0.15, 0.2) is 41.3 Å². The van der Waals surface area contributed by atoms with Crippen LogP contribution in [-0.2, 0) is 27.7 Å². The van der Waals surface area contributed by atoms with Gasteiger partial charge in [-0.1, -0.05) is 12.1 Å². The number of aliphatic carboxylic acids is 1. The lowest BCUT2D eigenvalue weighted by molar-refractivity contribution is -0.297. The minimum atomic E-state index is -4.02. The second kappa shape index (κ2) is 7.93. The summed E-state index contributed by atoms with van der Waals surface area (Å²) < 4.78 is 39.1. The molecule has 1 aliphatic rings. The lowest BCUT2D eigenvalue weighted by Crippen LogP contribution is -2.18. The minimum Gasteiger partial charge on any atom is -0.545 e. The van der Waals surface area contributed by atoms with Gasteiger partial charge in [0.15, 0.2) is 11.5 Å². The molecule has 0 unspecified atom stereocenters. The monoisotopic (exact) mass is 402 g/mol. The smallest absolute Gasteiger partial charge is 0.265 e. The van der Waals surface area contributed by atoms with Gasteiger partial charge in [0.2, 0.25) is 0 Å². The van der Waals surface area contributed by atoms with Crippen LogP contribution in [0.5, 0.6) is 11.5 Å². The van der Waals surface area contributed by atoms with Crippen LogP contribution < -0.4 is 19.3 Å². The molecule has 3 rings (SSSR count). The van der Waals surface area contributed by atoms with Crippen LogP contribution in [0.4, 0.5) is 5.69 Å². The Morgan fingerprint density at radius 2 is 1.86 bits per heavy atom. The molecule has 1 aliphatic carbocycles. The van der Waals surface area contributed by atoms with Crippen molar-refractivity contribution in [3.63, 3.8) is 0 Å². The van der Waals surface area contributed by atoms with Crippen molar-refractivity contribution in [3.05, 3.63) is 53.1 Å². The van der Waals surface area contributed by atoms with Crippen LogP contribution in [0, 0.1) is 0 Å². The van der Waals surface area contributed by atoms with E-state index in [1.807, 2.05) is 12.1 Å². The fourth-order valence-corrected chi connectivity index (χ4v) is 4.52. The molecule has 1 N–H and O–H groups in total. The van der Waals surface area contributed by atoms with Gasteiger partial charge in [-0.15, -0.1) is 0 Å². The Hall–Kier alpha value is -3.00. The van der Waals surface area contributed by atoms with E-state index in [0.29, 0.717) is 11.3 Å². The molecule has 0 amide bonds. The maximum atomic E-state index is 13.0. The molecule has 0 aromatic heterocycles. The fourth-order valence-electron chi connectivity index (χ4n) is 3.26. The van der Waals surface area contributed by atoms with Gasteiger partial charge in [-0.25, -0.2) is 8.42 Å². The van der Waals surface area contributed by atoms with Crippen LogP contribution in [0.1, 0.15) is 23.1 Å². The SMILES string of the molecule is COc1cc(/C=C/C(=O)[O-])cc(S(=O)(=O)Nc2ccc3c(c2)CCC3)c1OC. The predicted molar refractivity (Wildman–Crippen MR) is 103 cm³/mol. The molecule has 0 fully saturated rings. The number of nitrogens with one attached hydrogen (secondary N) is 1. The molecule has 0 saturated carbocycles. The zero-order valence-electron chi connectivity index (χ0n) is 15.5. The standard InChI is InChI=1S/C20H21NO6S/c1-26-17-10-13(6-9-19(22)23)11-18(20(17)27-2)28(24,25)21-16-8-7-14-4-3-5-15(14)12-16/h6-12,21H,3-5H2,1-2H3,(H,22,23)/p-1/b9-6+. The van der Waals surface area contributed by atoms with Crippen molar-refractivity contribution in [2.24, 2.45) is 0 Å². The van der Waals surface area contributed by atoms with E-state index in [4.69, 9.17) is 9.47 Å². The highest BCUT2D eigenvalue weighted by molar-refractivity contribution is 7.92. The maximum Gasteiger partial charge on any atom is 0.265 e. The Balaban J connectivity index is 2.03. The van der Waals surface area contributed by atoms with Gasteiger partial charge in [-0.05, 0) is 66.3 Å². The Bertz CT molecular complexity index is 1040. The molecule has 148 valence electrons. The largest absolute Gasteiger partial charge is 0.545 e. The van der Waals surface area contributed by atoms with Crippen LogP contribution in [0.25, 0.3) is 6.08 Å². The number of fused-ring (bicyclic) bond motifs is 1. The van der Waals surface area contributed by atoms with E-state index in [1.165, 1.54) is 38.0 Å². The normalized spacial score (nSPS) is 13.4. The quantitative estimate of drug-likeness (QED) is 0.708. The highest BCUT2D eigenvalue weighted by Crippen LogP contribution is 2.37. The number of benzene rings is 2. The first-order valence-electron chi connectivity index (χ1n) is 8.64. The number of sulfonamides is 1. The van der Waals surface area contributed by atoms with Crippen molar-refractivity contribution in [3.8, 4) is 11.5 Å². The first-order valence-corrected chi connectivity index (χ1v) is 10.1. The summed E-state index contributed by atoms with van der Waals surface area (Å²) in [6.07, 6.45) is 5.02. The van der Waals surface area contributed by atoms with Crippen LogP contribution in [-0.4, -0.2) is 28.6 Å². The van der Waals surface area contributed by atoms with Gasteiger partial charge in [0, 0.05) is 5.69 Å². The highest BCUT2D eigenvalue weighted by atomic mass is 32.2. The van der Waals surface area contributed by atoms with Gasteiger partial charge in [0.05, 0.1) is 20.2 Å². The Morgan fingerprint density at radius 1 is 1.11 bits per heavy atom. The number of carboxylic acid groups (broad SMARTS) is 1. The molecule has 0 radical (unpaired) electrons. The molecule has 0 saturated heterocycles. The second-order valence-corrected chi connectivity index (χ2v) is 8.00. The van der Waals surface area contributed by atoms with Crippen LogP contribution in [0.2, 0.25) is 0 Å². The van der Waals surface area contributed by atoms with E-state index in [1.54, 1.807) is 6.07 Å². The number of anilines is 1. The van der Waals surface area contributed by atoms with E-state index < -0.39 is 16.0 Å². The Labute approximate surface area is 163 Å². The summed E-state index contributed by atoms with van der Waals surface area (Å²) in [4.78, 5) is 10.5. The summed E-state index contributed by atoms with van der Waals surface area (Å²) in [5.41, 5.74) is 3.14. The van der Waals surface area contributed by atoms with E-state index in [2.05, 4.69) is 4.72 Å². The molecule has 2 aromatic rings. The van der Waals surface area contributed by atoms with E-state index in [9.17, 15) is 18.3 Å². The summed E-state index contributed by atoms with van der Waals surface area (Å²) in [6, 6.07) is 8.29. The average molecular weight is 402 g/mol. The zero-order valence-corrected chi connectivity index (χ0v) is 16.3. The summed E-state index contributed by atoms with van der Waals surface area (Å²) in [5, 5.41) is 10.7. The number of methoxy groups -OCH3 is 2.